The van der Waals surface area contributed by atoms with E-state index in [-0.39, 0.29) is 6.04 Å². The number of nitrogens with zero attached hydrogens (tertiary/aromatic N) is 1. The Kier molecular flexibility index (Phi) is 4.39. The van der Waals surface area contributed by atoms with E-state index in [4.69, 9.17) is 0 Å². The molecule has 1 atom stereocenters. The van der Waals surface area contributed by atoms with Crippen LogP contribution in [-0.2, 0) is 10.2 Å². The zero-order valence-corrected chi connectivity index (χ0v) is 12.3. The van der Waals surface area contributed by atoms with Gasteiger partial charge in [0.05, 0.1) is 6.04 Å². The Hall–Kier alpha value is -0.470. The molecule has 1 aliphatic heterocycles. The molecule has 0 aliphatic carbocycles. The minimum atomic E-state index is -3.37. The highest BCUT2D eigenvalue weighted by molar-refractivity contribution is 7.87. The van der Waals surface area contributed by atoms with Crippen molar-refractivity contribution in [1.82, 2.24) is 14.3 Å². The van der Waals surface area contributed by atoms with Gasteiger partial charge in [-0.2, -0.15) is 17.4 Å². The van der Waals surface area contributed by atoms with Crippen molar-refractivity contribution >= 4 is 21.5 Å². The molecule has 0 radical (unpaired) electrons. The molecule has 2 N–H and O–H groups in total. The Morgan fingerprint density at radius 3 is 2.61 bits per heavy atom. The summed E-state index contributed by atoms with van der Waals surface area (Å²) in [6, 6.07) is 3.81. The van der Waals surface area contributed by atoms with E-state index in [2.05, 4.69) is 10.0 Å². The molecule has 0 amide bonds. The van der Waals surface area contributed by atoms with Gasteiger partial charge in [0.25, 0.3) is 10.2 Å². The highest BCUT2D eigenvalue weighted by atomic mass is 32.2. The molecule has 5 nitrogen and oxygen atoms in total. The Bertz CT molecular complexity index is 492. The van der Waals surface area contributed by atoms with E-state index < -0.39 is 10.2 Å². The van der Waals surface area contributed by atoms with Gasteiger partial charge in [-0.25, -0.2) is 0 Å². The smallest absolute Gasteiger partial charge is 0.280 e. The molecule has 18 heavy (non-hydrogen) atoms. The summed E-state index contributed by atoms with van der Waals surface area (Å²) in [5.74, 6) is 0. The molecule has 1 aliphatic rings. The molecule has 1 aromatic heterocycles. The summed E-state index contributed by atoms with van der Waals surface area (Å²) >= 11 is 1.63. The predicted octanol–water partition coefficient (Wildman–Crippen LogP) is 0.857. The summed E-state index contributed by atoms with van der Waals surface area (Å²) in [7, 11) is -3.37. The van der Waals surface area contributed by atoms with E-state index in [1.54, 1.807) is 11.3 Å². The van der Waals surface area contributed by atoms with Crippen molar-refractivity contribution in [2.24, 2.45) is 0 Å². The second-order valence-electron chi connectivity index (χ2n) is 4.44. The molecule has 1 unspecified atom stereocenters. The van der Waals surface area contributed by atoms with Gasteiger partial charge in [0.2, 0.25) is 0 Å². The van der Waals surface area contributed by atoms with Gasteiger partial charge in [-0.05, 0) is 26.0 Å². The second-order valence-corrected chi connectivity index (χ2v) is 7.46. The van der Waals surface area contributed by atoms with Gasteiger partial charge in [-0.15, -0.1) is 11.3 Å². The van der Waals surface area contributed by atoms with Crippen molar-refractivity contribution in [3.8, 4) is 0 Å². The van der Waals surface area contributed by atoms with Crippen LogP contribution in [0.5, 0.6) is 0 Å². The lowest BCUT2D eigenvalue weighted by molar-refractivity contribution is 0.352. The molecule has 0 aromatic carbocycles. The van der Waals surface area contributed by atoms with Crippen molar-refractivity contribution < 1.29 is 8.42 Å². The predicted molar refractivity (Wildman–Crippen MR) is 74.0 cm³/mol. The molecule has 0 bridgehead atoms. The fourth-order valence-electron chi connectivity index (χ4n) is 1.93. The number of aryl methyl sites for hydroxylation is 1. The number of hydrogen-bond donors (Lipinski definition) is 2. The van der Waals surface area contributed by atoms with Crippen LogP contribution in [0.1, 0.15) is 22.7 Å². The van der Waals surface area contributed by atoms with Gasteiger partial charge in [0.15, 0.2) is 0 Å². The minimum absolute atomic E-state index is 0.177. The van der Waals surface area contributed by atoms with Crippen LogP contribution >= 0.6 is 11.3 Å². The van der Waals surface area contributed by atoms with Gasteiger partial charge >= 0.3 is 0 Å². The minimum Gasteiger partial charge on any atom is -0.314 e. The summed E-state index contributed by atoms with van der Waals surface area (Å²) in [6.45, 7) is 6.40. The third-order valence-corrected chi connectivity index (χ3v) is 5.81. The van der Waals surface area contributed by atoms with Crippen LogP contribution in [0.15, 0.2) is 12.1 Å². The fourth-order valence-corrected chi connectivity index (χ4v) is 4.27. The van der Waals surface area contributed by atoms with Crippen molar-refractivity contribution in [1.29, 1.82) is 0 Å². The fraction of sp³-hybridized carbons (Fsp3) is 0.636. The number of hydrogen-bond acceptors (Lipinski definition) is 4. The molecule has 102 valence electrons. The van der Waals surface area contributed by atoms with Crippen LogP contribution in [0.25, 0.3) is 0 Å². The summed E-state index contributed by atoms with van der Waals surface area (Å²) in [5.41, 5.74) is 0. The quantitative estimate of drug-likeness (QED) is 0.864. The van der Waals surface area contributed by atoms with Gasteiger partial charge in [0, 0.05) is 35.9 Å². The maximum atomic E-state index is 12.2. The highest BCUT2D eigenvalue weighted by Crippen LogP contribution is 2.23. The van der Waals surface area contributed by atoms with Crippen molar-refractivity contribution in [2.45, 2.75) is 19.9 Å². The van der Waals surface area contributed by atoms with Crippen molar-refractivity contribution in [3.05, 3.63) is 21.9 Å². The summed E-state index contributed by atoms with van der Waals surface area (Å²) in [6.07, 6.45) is 0. The Morgan fingerprint density at radius 1 is 1.39 bits per heavy atom. The van der Waals surface area contributed by atoms with Gasteiger partial charge < -0.3 is 5.32 Å². The number of rotatable bonds is 4. The standard InChI is InChI=1S/C11H19N3O2S2/c1-9-3-4-11(17-9)10(2)13-18(15,16)14-7-5-12-6-8-14/h3-4,10,12-13H,5-8H2,1-2H3. The van der Waals surface area contributed by atoms with E-state index in [1.807, 2.05) is 26.0 Å². The van der Waals surface area contributed by atoms with Crippen molar-refractivity contribution in [3.63, 3.8) is 0 Å². The zero-order chi connectivity index (χ0) is 13.2. The zero-order valence-electron chi connectivity index (χ0n) is 10.6. The lowest BCUT2D eigenvalue weighted by atomic mass is 10.3. The molecule has 7 heteroatoms. The molecule has 2 rings (SSSR count). The Morgan fingerprint density at radius 2 is 2.06 bits per heavy atom. The monoisotopic (exact) mass is 289 g/mol. The Labute approximate surface area is 112 Å². The summed E-state index contributed by atoms with van der Waals surface area (Å²) in [5, 5.41) is 3.14. The molecule has 1 aromatic rings. The van der Waals surface area contributed by atoms with E-state index in [0.717, 1.165) is 4.88 Å². The topological polar surface area (TPSA) is 61.4 Å². The third-order valence-electron chi connectivity index (χ3n) is 2.93. The number of nitrogens with one attached hydrogen (secondary N) is 2. The van der Waals surface area contributed by atoms with Crippen LogP contribution in [-0.4, -0.2) is 38.9 Å². The number of piperazine rings is 1. The average Bonchev–Trinajstić information content (AvgIpc) is 2.77. The summed E-state index contributed by atoms with van der Waals surface area (Å²) < 4.78 is 28.6. The van der Waals surface area contributed by atoms with Crippen LogP contribution in [0.4, 0.5) is 0 Å². The molecular formula is C11H19N3O2S2. The third kappa shape index (κ3) is 3.30. The van der Waals surface area contributed by atoms with Crippen LogP contribution in [0.2, 0.25) is 0 Å². The molecular weight excluding hydrogens is 270 g/mol. The first-order valence-electron chi connectivity index (χ1n) is 6.03. The molecule has 0 spiro atoms. The van der Waals surface area contributed by atoms with Crippen LogP contribution < -0.4 is 10.0 Å². The molecule has 0 saturated carbocycles. The first kappa shape index (κ1) is 14.0. The van der Waals surface area contributed by atoms with E-state index in [1.165, 1.54) is 9.18 Å². The maximum Gasteiger partial charge on any atom is 0.280 e. The molecule has 1 fully saturated rings. The highest BCUT2D eigenvalue weighted by Gasteiger charge is 2.25. The number of thiophene rings is 1. The second kappa shape index (κ2) is 5.66. The van der Waals surface area contributed by atoms with E-state index in [9.17, 15) is 8.42 Å². The Balaban J connectivity index is 2.03. The lowest BCUT2D eigenvalue weighted by Gasteiger charge is -2.28. The van der Waals surface area contributed by atoms with Crippen molar-refractivity contribution in [2.75, 3.05) is 26.2 Å². The molecule has 1 saturated heterocycles. The SMILES string of the molecule is Cc1ccc(C(C)NS(=O)(=O)N2CCNCC2)s1. The first-order chi connectivity index (χ1) is 8.49. The lowest BCUT2D eigenvalue weighted by Crippen LogP contribution is -2.50. The van der Waals surface area contributed by atoms with Gasteiger partial charge in [-0.3, -0.25) is 0 Å². The summed E-state index contributed by atoms with van der Waals surface area (Å²) in [4.78, 5) is 2.24. The average molecular weight is 289 g/mol. The maximum absolute atomic E-state index is 12.2. The largest absolute Gasteiger partial charge is 0.314 e. The van der Waals surface area contributed by atoms with Gasteiger partial charge in [-0.1, -0.05) is 0 Å². The van der Waals surface area contributed by atoms with Crippen LogP contribution in [0.3, 0.4) is 0 Å². The van der Waals surface area contributed by atoms with E-state index >= 15 is 0 Å². The first-order valence-corrected chi connectivity index (χ1v) is 8.29. The van der Waals surface area contributed by atoms with Crippen LogP contribution in [0, 0.1) is 6.92 Å². The van der Waals surface area contributed by atoms with E-state index in [0.29, 0.717) is 26.2 Å². The molecule has 2 heterocycles. The van der Waals surface area contributed by atoms with Gasteiger partial charge in [0.1, 0.15) is 0 Å². The normalized spacial score (nSPS) is 19.9.